The van der Waals surface area contributed by atoms with Crippen molar-refractivity contribution in [1.82, 2.24) is 15.5 Å². The Kier molecular flexibility index (Phi) is 8.38. The Morgan fingerprint density at radius 1 is 1.03 bits per heavy atom. The molecule has 1 aliphatic rings. The zero-order valence-corrected chi connectivity index (χ0v) is 20.9. The summed E-state index contributed by atoms with van der Waals surface area (Å²) in [7, 11) is 0. The van der Waals surface area contributed by atoms with Crippen LogP contribution in [0.4, 0.5) is 9.59 Å². The molecular formula is C29H26ClN3O4. The van der Waals surface area contributed by atoms with Crippen molar-refractivity contribution in [3.05, 3.63) is 124 Å². The summed E-state index contributed by atoms with van der Waals surface area (Å²) in [5.41, 5.74) is 2.75. The van der Waals surface area contributed by atoms with E-state index in [0.717, 1.165) is 16.0 Å². The van der Waals surface area contributed by atoms with Crippen molar-refractivity contribution in [2.75, 3.05) is 6.54 Å². The van der Waals surface area contributed by atoms with E-state index in [0.29, 0.717) is 16.3 Å². The number of imide groups is 1. The summed E-state index contributed by atoms with van der Waals surface area (Å²) < 4.78 is 5.58. The highest BCUT2D eigenvalue weighted by molar-refractivity contribution is 6.30. The largest absolute Gasteiger partial charge is 0.457 e. The average Bonchev–Trinajstić information content (AvgIpc) is 2.90. The van der Waals surface area contributed by atoms with Crippen molar-refractivity contribution in [1.29, 1.82) is 0 Å². The molecule has 0 bridgehead atoms. The van der Waals surface area contributed by atoms with Crippen LogP contribution >= 0.6 is 11.6 Å². The Morgan fingerprint density at radius 3 is 2.43 bits per heavy atom. The third-order valence-electron chi connectivity index (χ3n) is 5.75. The van der Waals surface area contributed by atoms with Gasteiger partial charge in [0.25, 0.3) is 0 Å². The van der Waals surface area contributed by atoms with Crippen LogP contribution in [0.2, 0.25) is 5.02 Å². The highest BCUT2D eigenvalue weighted by Crippen LogP contribution is 2.35. The maximum Gasteiger partial charge on any atom is 0.338 e. The molecule has 188 valence electrons. The second-order valence-corrected chi connectivity index (χ2v) is 8.79. The second-order valence-electron chi connectivity index (χ2n) is 8.36. The fraction of sp³-hybridized carbons (Fsp3) is 0.138. The summed E-state index contributed by atoms with van der Waals surface area (Å²) in [6.45, 7) is 1.83. The highest BCUT2D eigenvalue weighted by atomic mass is 35.5. The second kappa shape index (κ2) is 12.1. The lowest BCUT2D eigenvalue weighted by molar-refractivity contribution is -0.141. The van der Waals surface area contributed by atoms with Gasteiger partial charge in [0.1, 0.15) is 12.6 Å². The number of carbonyl (C=O) groups excluding carboxylic acids is 3. The lowest BCUT2D eigenvalue weighted by Gasteiger charge is -2.36. The predicted octanol–water partition coefficient (Wildman–Crippen LogP) is 5.85. The molecule has 2 N–H and O–H groups in total. The predicted molar refractivity (Wildman–Crippen MR) is 142 cm³/mol. The lowest BCUT2D eigenvalue weighted by atomic mass is 9.94. The molecule has 4 rings (SSSR count). The number of nitrogens with zero attached hydrogens (tertiary/aromatic N) is 1. The van der Waals surface area contributed by atoms with Gasteiger partial charge in [-0.1, -0.05) is 96.5 Å². The van der Waals surface area contributed by atoms with E-state index >= 15 is 0 Å². The first-order valence-electron chi connectivity index (χ1n) is 11.7. The Morgan fingerprint density at radius 2 is 1.73 bits per heavy atom. The number of rotatable bonds is 7. The Bertz CT molecular complexity index is 1340. The van der Waals surface area contributed by atoms with Crippen LogP contribution in [-0.4, -0.2) is 29.5 Å². The monoisotopic (exact) mass is 515 g/mol. The number of amides is 4. The summed E-state index contributed by atoms with van der Waals surface area (Å²) in [6, 6.07) is 23.2. The molecule has 3 aromatic carbocycles. The molecule has 0 spiro atoms. The SMILES string of the molecule is CC1=C(C(=O)OCc2ccccc2)C(c2cccc(Cl)c2)N(C(=O)NC/C=C/c2ccccc2)C(=O)N1. The van der Waals surface area contributed by atoms with Gasteiger partial charge in [-0.15, -0.1) is 0 Å². The van der Waals surface area contributed by atoms with Gasteiger partial charge in [-0.05, 0) is 35.7 Å². The summed E-state index contributed by atoms with van der Waals surface area (Å²) in [6.07, 6.45) is 3.64. The molecule has 0 aliphatic carbocycles. The Balaban J connectivity index is 1.59. The fourth-order valence-electron chi connectivity index (χ4n) is 4.00. The summed E-state index contributed by atoms with van der Waals surface area (Å²) in [5, 5.41) is 5.76. The average molecular weight is 516 g/mol. The number of esters is 1. The summed E-state index contributed by atoms with van der Waals surface area (Å²) in [4.78, 5) is 40.6. The van der Waals surface area contributed by atoms with Crippen LogP contribution in [0.5, 0.6) is 0 Å². The minimum absolute atomic E-state index is 0.0448. The lowest BCUT2D eigenvalue weighted by Crippen LogP contribution is -2.54. The zero-order chi connectivity index (χ0) is 26.2. The first-order valence-corrected chi connectivity index (χ1v) is 12.1. The zero-order valence-electron chi connectivity index (χ0n) is 20.2. The molecule has 1 atom stereocenters. The molecular weight excluding hydrogens is 490 g/mol. The van der Waals surface area contributed by atoms with Gasteiger partial charge in [0.05, 0.1) is 5.57 Å². The number of nitrogens with one attached hydrogen (secondary N) is 2. The van der Waals surface area contributed by atoms with Crippen molar-refractivity contribution in [3.8, 4) is 0 Å². The molecule has 0 aromatic heterocycles. The smallest absolute Gasteiger partial charge is 0.338 e. The number of carbonyl (C=O) groups is 3. The van der Waals surface area contributed by atoms with E-state index in [9.17, 15) is 14.4 Å². The van der Waals surface area contributed by atoms with Crippen molar-refractivity contribution in [2.45, 2.75) is 19.6 Å². The first-order chi connectivity index (χ1) is 17.9. The van der Waals surface area contributed by atoms with E-state index in [1.807, 2.05) is 66.7 Å². The maximum atomic E-state index is 13.3. The molecule has 4 amide bonds. The van der Waals surface area contributed by atoms with Crippen molar-refractivity contribution >= 4 is 35.7 Å². The molecule has 0 saturated carbocycles. The van der Waals surface area contributed by atoms with Gasteiger partial charge in [0.15, 0.2) is 0 Å². The van der Waals surface area contributed by atoms with E-state index < -0.39 is 24.1 Å². The van der Waals surface area contributed by atoms with Gasteiger partial charge >= 0.3 is 18.0 Å². The molecule has 37 heavy (non-hydrogen) atoms. The summed E-state index contributed by atoms with van der Waals surface area (Å²) >= 11 is 6.23. The number of allylic oxidation sites excluding steroid dienone is 1. The van der Waals surface area contributed by atoms with Crippen LogP contribution in [0.25, 0.3) is 6.08 Å². The van der Waals surface area contributed by atoms with Crippen LogP contribution in [-0.2, 0) is 16.1 Å². The van der Waals surface area contributed by atoms with Crippen LogP contribution in [0.15, 0.2) is 102 Å². The normalized spacial score (nSPS) is 15.5. The third-order valence-corrected chi connectivity index (χ3v) is 5.98. The van der Waals surface area contributed by atoms with Gasteiger partial charge in [0, 0.05) is 17.3 Å². The Hall–Kier alpha value is -4.36. The maximum absolute atomic E-state index is 13.3. The van der Waals surface area contributed by atoms with E-state index in [2.05, 4.69) is 10.6 Å². The molecule has 1 heterocycles. The highest BCUT2D eigenvalue weighted by Gasteiger charge is 2.42. The van der Waals surface area contributed by atoms with E-state index in [1.54, 1.807) is 37.3 Å². The quantitative estimate of drug-likeness (QED) is 0.386. The molecule has 8 heteroatoms. The van der Waals surface area contributed by atoms with Gasteiger partial charge < -0.3 is 15.4 Å². The number of ether oxygens (including phenoxy) is 1. The molecule has 1 unspecified atom stereocenters. The number of urea groups is 2. The van der Waals surface area contributed by atoms with Crippen LogP contribution in [0.1, 0.15) is 29.7 Å². The van der Waals surface area contributed by atoms with Crippen molar-refractivity contribution < 1.29 is 19.1 Å². The van der Waals surface area contributed by atoms with Gasteiger partial charge in [-0.25, -0.2) is 19.3 Å². The number of benzene rings is 3. The minimum Gasteiger partial charge on any atom is -0.457 e. The van der Waals surface area contributed by atoms with Crippen LogP contribution in [0.3, 0.4) is 0 Å². The molecule has 1 aliphatic heterocycles. The molecule has 0 saturated heterocycles. The summed E-state index contributed by atoms with van der Waals surface area (Å²) in [5.74, 6) is -0.645. The van der Waals surface area contributed by atoms with Gasteiger partial charge in [0.2, 0.25) is 0 Å². The number of hydrogen-bond donors (Lipinski definition) is 2. The van der Waals surface area contributed by atoms with Crippen molar-refractivity contribution in [3.63, 3.8) is 0 Å². The third kappa shape index (κ3) is 6.45. The Labute approximate surface area is 220 Å². The topological polar surface area (TPSA) is 87.7 Å². The molecule has 7 nitrogen and oxygen atoms in total. The van der Waals surface area contributed by atoms with Gasteiger partial charge in [-0.3, -0.25) is 0 Å². The van der Waals surface area contributed by atoms with E-state index in [-0.39, 0.29) is 18.7 Å². The van der Waals surface area contributed by atoms with E-state index in [1.165, 1.54) is 0 Å². The molecule has 0 fully saturated rings. The van der Waals surface area contributed by atoms with Crippen molar-refractivity contribution in [2.24, 2.45) is 0 Å². The first kappa shape index (κ1) is 25.7. The number of hydrogen-bond acceptors (Lipinski definition) is 4. The molecule has 0 radical (unpaired) electrons. The minimum atomic E-state index is -1.03. The number of halogens is 1. The van der Waals surface area contributed by atoms with Gasteiger partial charge in [-0.2, -0.15) is 0 Å². The molecule has 3 aromatic rings. The standard InChI is InChI=1S/C29H26ClN3O4/c1-20-25(27(34)37-19-22-12-6-3-7-13-22)26(23-15-8-16-24(30)18-23)33(29(36)32-20)28(35)31-17-9-14-21-10-4-2-5-11-21/h2-16,18,26H,17,19H2,1H3,(H,31,35)(H,32,36)/b14-9+. The van der Waals surface area contributed by atoms with E-state index in [4.69, 9.17) is 16.3 Å². The van der Waals surface area contributed by atoms with Crippen LogP contribution in [0, 0.1) is 0 Å². The fourth-order valence-corrected chi connectivity index (χ4v) is 4.20. The van der Waals surface area contributed by atoms with Crippen LogP contribution < -0.4 is 10.6 Å².